The quantitative estimate of drug-likeness (QED) is 0.877. The van der Waals surface area contributed by atoms with Gasteiger partial charge < -0.3 is 15.5 Å². The topological polar surface area (TPSA) is 78.5 Å². The predicted molar refractivity (Wildman–Crippen MR) is 101 cm³/mol. The first-order valence-corrected chi connectivity index (χ1v) is 9.15. The van der Waals surface area contributed by atoms with Crippen molar-refractivity contribution < 1.29 is 14.4 Å². The normalized spacial score (nSPS) is 21.9. The number of carbonyl (C=O) groups excluding carboxylic acids is 3. The first kappa shape index (κ1) is 17.3. The van der Waals surface area contributed by atoms with E-state index in [-0.39, 0.29) is 24.1 Å². The molecule has 2 N–H and O–H groups in total. The first-order valence-electron chi connectivity index (χ1n) is 9.15. The van der Waals surface area contributed by atoms with Crippen LogP contribution in [-0.4, -0.2) is 41.8 Å². The third-order valence-corrected chi connectivity index (χ3v) is 5.24. The molecule has 2 heterocycles. The highest BCUT2D eigenvalue weighted by Gasteiger charge is 2.33. The number of para-hydroxylation sites is 1. The van der Waals surface area contributed by atoms with Crippen LogP contribution in [0.25, 0.3) is 0 Å². The Morgan fingerprint density at radius 3 is 2.59 bits per heavy atom. The van der Waals surface area contributed by atoms with Gasteiger partial charge in [-0.3, -0.25) is 14.4 Å². The van der Waals surface area contributed by atoms with Crippen LogP contribution in [0.3, 0.4) is 0 Å². The van der Waals surface area contributed by atoms with Crippen molar-refractivity contribution in [1.29, 1.82) is 0 Å². The number of nitrogens with one attached hydrogen (secondary N) is 2. The van der Waals surface area contributed by atoms with Crippen molar-refractivity contribution >= 4 is 23.4 Å². The molecule has 6 heteroatoms. The zero-order chi connectivity index (χ0) is 18.8. The lowest BCUT2D eigenvalue weighted by molar-refractivity contribution is -0.132. The second-order valence-corrected chi connectivity index (χ2v) is 7.00. The summed E-state index contributed by atoms with van der Waals surface area (Å²) in [4.78, 5) is 39.3. The Labute approximate surface area is 157 Å². The lowest BCUT2D eigenvalue weighted by Gasteiger charge is -2.20. The summed E-state index contributed by atoms with van der Waals surface area (Å²) >= 11 is 0. The fourth-order valence-corrected chi connectivity index (χ4v) is 3.74. The minimum Gasteiger partial charge on any atom is -0.342 e. The van der Waals surface area contributed by atoms with E-state index < -0.39 is 6.04 Å². The van der Waals surface area contributed by atoms with Crippen LogP contribution in [-0.2, 0) is 9.59 Å². The van der Waals surface area contributed by atoms with Gasteiger partial charge in [-0.25, -0.2) is 0 Å². The summed E-state index contributed by atoms with van der Waals surface area (Å²) in [6.45, 7) is 1.31. The summed E-state index contributed by atoms with van der Waals surface area (Å²) < 4.78 is 0. The predicted octanol–water partition coefficient (Wildman–Crippen LogP) is 2.14. The second kappa shape index (κ2) is 7.23. The number of anilines is 1. The van der Waals surface area contributed by atoms with Gasteiger partial charge in [0.2, 0.25) is 11.8 Å². The first-order chi connectivity index (χ1) is 13.1. The molecular formula is C21H21N3O3. The van der Waals surface area contributed by atoms with Crippen molar-refractivity contribution in [3.05, 3.63) is 65.7 Å². The fourth-order valence-electron chi connectivity index (χ4n) is 3.74. The van der Waals surface area contributed by atoms with Gasteiger partial charge in [0.25, 0.3) is 5.91 Å². The number of amides is 3. The van der Waals surface area contributed by atoms with Crippen molar-refractivity contribution in [3.63, 3.8) is 0 Å². The molecule has 2 aromatic carbocycles. The van der Waals surface area contributed by atoms with Crippen LogP contribution in [0.15, 0.2) is 54.6 Å². The zero-order valence-corrected chi connectivity index (χ0v) is 14.9. The number of nitrogens with zero attached hydrogens (tertiary/aromatic N) is 1. The van der Waals surface area contributed by atoms with Crippen molar-refractivity contribution in [3.8, 4) is 0 Å². The Morgan fingerprint density at radius 1 is 1.04 bits per heavy atom. The smallest absolute Gasteiger partial charge is 0.254 e. The summed E-state index contributed by atoms with van der Waals surface area (Å²) in [5, 5.41) is 5.42. The molecule has 0 bridgehead atoms. The van der Waals surface area contributed by atoms with E-state index in [1.165, 1.54) is 5.56 Å². The van der Waals surface area contributed by atoms with E-state index in [9.17, 15) is 14.4 Å². The molecule has 0 saturated carbocycles. The van der Waals surface area contributed by atoms with Gasteiger partial charge in [0, 0.05) is 19.0 Å². The molecule has 0 radical (unpaired) electrons. The minimum atomic E-state index is -0.867. The maximum absolute atomic E-state index is 12.7. The molecule has 4 rings (SSSR count). The van der Waals surface area contributed by atoms with Crippen molar-refractivity contribution in [2.75, 3.05) is 18.4 Å². The standard InChI is InChI=1S/C21H21N3O3/c25-19(24-11-10-15(13-24)14-6-2-1-3-7-14)12-18-21(27)22-17-9-5-4-8-16(17)20(26)23-18/h1-9,15,18H,10-13H2,(H,22,27)(H,23,26). The van der Waals surface area contributed by atoms with Gasteiger partial charge in [0.05, 0.1) is 17.7 Å². The highest BCUT2D eigenvalue weighted by atomic mass is 16.2. The molecule has 3 amide bonds. The molecule has 2 unspecified atom stereocenters. The fraction of sp³-hybridized carbons (Fsp3) is 0.286. The number of carbonyl (C=O) groups is 3. The highest BCUT2D eigenvalue weighted by Crippen LogP contribution is 2.27. The Bertz CT molecular complexity index is 881. The average molecular weight is 363 g/mol. The molecule has 2 aliphatic heterocycles. The van der Waals surface area contributed by atoms with Crippen molar-refractivity contribution in [1.82, 2.24) is 10.2 Å². The summed E-state index contributed by atoms with van der Waals surface area (Å²) in [5.74, 6) is -0.498. The monoisotopic (exact) mass is 363 g/mol. The molecule has 138 valence electrons. The molecular weight excluding hydrogens is 342 g/mol. The van der Waals surface area contributed by atoms with Gasteiger partial charge in [-0.15, -0.1) is 0 Å². The van der Waals surface area contributed by atoms with Crippen LogP contribution in [0.5, 0.6) is 0 Å². The van der Waals surface area contributed by atoms with Gasteiger partial charge in [-0.05, 0) is 24.1 Å². The molecule has 2 atom stereocenters. The van der Waals surface area contributed by atoms with Crippen LogP contribution in [0, 0.1) is 0 Å². The van der Waals surface area contributed by atoms with E-state index in [1.807, 2.05) is 18.2 Å². The maximum atomic E-state index is 12.7. The number of likely N-dealkylation sites (tertiary alicyclic amines) is 1. The van der Waals surface area contributed by atoms with Crippen molar-refractivity contribution in [2.24, 2.45) is 0 Å². The number of benzene rings is 2. The van der Waals surface area contributed by atoms with Gasteiger partial charge >= 0.3 is 0 Å². The van der Waals surface area contributed by atoms with E-state index in [0.29, 0.717) is 30.3 Å². The number of rotatable bonds is 3. The van der Waals surface area contributed by atoms with E-state index in [1.54, 1.807) is 29.2 Å². The molecule has 1 saturated heterocycles. The molecule has 2 aromatic rings. The zero-order valence-electron chi connectivity index (χ0n) is 14.9. The molecule has 1 fully saturated rings. The third-order valence-electron chi connectivity index (χ3n) is 5.24. The molecule has 0 spiro atoms. The Hall–Kier alpha value is -3.15. The van der Waals surface area contributed by atoms with Crippen LogP contribution >= 0.6 is 0 Å². The van der Waals surface area contributed by atoms with Crippen LogP contribution in [0.1, 0.15) is 34.7 Å². The number of hydrogen-bond acceptors (Lipinski definition) is 3. The molecule has 6 nitrogen and oxygen atoms in total. The Kier molecular flexibility index (Phi) is 4.62. The van der Waals surface area contributed by atoms with Gasteiger partial charge in [-0.1, -0.05) is 42.5 Å². The molecule has 0 aromatic heterocycles. The summed E-state index contributed by atoms with van der Waals surface area (Å²) in [6, 6.07) is 16.1. The number of fused-ring (bicyclic) bond motifs is 1. The second-order valence-electron chi connectivity index (χ2n) is 7.00. The van der Waals surface area contributed by atoms with E-state index in [4.69, 9.17) is 0 Å². The highest BCUT2D eigenvalue weighted by molar-refractivity contribution is 6.10. The third kappa shape index (κ3) is 3.56. The SMILES string of the molecule is O=C1NC(CC(=O)N2CCC(c3ccccc3)C2)C(=O)Nc2ccccc21. The molecule has 27 heavy (non-hydrogen) atoms. The van der Waals surface area contributed by atoms with Crippen LogP contribution in [0.2, 0.25) is 0 Å². The van der Waals surface area contributed by atoms with E-state index in [2.05, 4.69) is 22.8 Å². The molecule has 2 aliphatic rings. The van der Waals surface area contributed by atoms with Gasteiger partial charge in [-0.2, -0.15) is 0 Å². The maximum Gasteiger partial charge on any atom is 0.254 e. The summed E-state index contributed by atoms with van der Waals surface area (Å²) in [5.41, 5.74) is 2.11. The summed E-state index contributed by atoms with van der Waals surface area (Å²) in [6.07, 6.45) is 0.873. The van der Waals surface area contributed by atoms with Gasteiger partial charge in [0.1, 0.15) is 6.04 Å². The minimum absolute atomic E-state index is 0.0347. The largest absolute Gasteiger partial charge is 0.342 e. The molecule has 0 aliphatic carbocycles. The van der Waals surface area contributed by atoms with Crippen molar-refractivity contribution in [2.45, 2.75) is 24.8 Å². The Balaban J connectivity index is 1.41. The lowest BCUT2D eigenvalue weighted by Crippen LogP contribution is -2.45. The summed E-state index contributed by atoms with van der Waals surface area (Å²) in [7, 11) is 0. The van der Waals surface area contributed by atoms with Gasteiger partial charge in [0.15, 0.2) is 0 Å². The van der Waals surface area contributed by atoms with E-state index in [0.717, 1.165) is 6.42 Å². The number of hydrogen-bond donors (Lipinski definition) is 2. The van der Waals surface area contributed by atoms with Crippen LogP contribution < -0.4 is 10.6 Å². The average Bonchev–Trinajstić information content (AvgIpc) is 3.14. The van der Waals surface area contributed by atoms with E-state index >= 15 is 0 Å². The van der Waals surface area contributed by atoms with Crippen LogP contribution in [0.4, 0.5) is 5.69 Å². The Morgan fingerprint density at radius 2 is 1.78 bits per heavy atom. The lowest BCUT2D eigenvalue weighted by atomic mass is 9.99.